The Bertz CT molecular complexity index is 768. The maximum Gasteiger partial charge on any atom is 0.259 e. The number of rotatable bonds is 4. The van der Waals surface area contributed by atoms with Crippen molar-refractivity contribution in [2.75, 3.05) is 14.2 Å². The van der Waals surface area contributed by atoms with E-state index in [0.717, 1.165) is 10.8 Å². The molecule has 0 unspecified atom stereocenters. The van der Waals surface area contributed by atoms with Gasteiger partial charge in [-0.3, -0.25) is 4.79 Å². The highest BCUT2D eigenvalue weighted by atomic mass is 16.5. The quantitative estimate of drug-likeness (QED) is 0.688. The van der Waals surface area contributed by atoms with Crippen LogP contribution in [0.1, 0.15) is 5.56 Å². The molecule has 0 saturated carbocycles. The van der Waals surface area contributed by atoms with Crippen molar-refractivity contribution >= 4 is 22.8 Å². The van der Waals surface area contributed by atoms with E-state index in [1.165, 1.54) is 13.2 Å². The Morgan fingerprint density at radius 3 is 2.52 bits per heavy atom. The molecule has 5 nitrogen and oxygen atoms in total. The fraction of sp³-hybridized carbons (Fsp3) is 0.125. The molecule has 0 aromatic heterocycles. The lowest BCUT2D eigenvalue weighted by Gasteiger charge is -2.10. The van der Waals surface area contributed by atoms with Crippen LogP contribution in [-0.4, -0.2) is 20.1 Å². The van der Waals surface area contributed by atoms with Gasteiger partial charge in [0.05, 0.1) is 14.2 Å². The van der Waals surface area contributed by atoms with E-state index >= 15 is 0 Å². The maximum atomic E-state index is 11.3. The zero-order valence-corrected chi connectivity index (χ0v) is 11.7. The average molecular weight is 282 g/mol. The Hall–Kier alpha value is -3.00. The number of hydrogen-bond acceptors (Lipinski definition) is 4. The van der Waals surface area contributed by atoms with Crippen molar-refractivity contribution in [2.24, 2.45) is 5.73 Å². The summed E-state index contributed by atoms with van der Waals surface area (Å²) in [5, 5.41) is 10.8. The van der Waals surface area contributed by atoms with Crippen LogP contribution in [0.15, 0.2) is 35.9 Å². The summed E-state index contributed by atoms with van der Waals surface area (Å²) in [6, 6.07) is 11.0. The summed E-state index contributed by atoms with van der Waals surface area (Å²) in [6.07, 6.45) is 1.43. The first-order chi connectivity index (χ1) is 10.1. The summed E-state index contributed by atoms with van der Waals surface area (Å²) in [6.45, 7) is 0. The largest absolute Gasteiger partial charge is 0.497 e. The standard InChI is InChI=1S/C16H14N2O3/c1-20-12-5-3-10-4-6-15(21-2)14(13(10)8-12)7-11(9-17)16(18)19/h3-8H,1-2H3,(H2,18,19)/b11-7+. The lowest BCUT2D eigenvalue weighted by molar-refractivity contribution is -0.114. The highest BCUT2D eigenvalue weighted by molar-refractivity contribution is 6.04. The minimum absolute atomic E-state index is 0.136. The van der Waals surface area contributed by atoms with Crippen molar-refractivity contribution in [3.8, 4) is 17.6 Å². The molecule has 5 heteroatoms. The number of nitrogens with two attached hydrogens (primary N) is 1. The molecule has 2 aromatic rings. The molecule has 0 aliphatic carbocycles. The van der Waals surface area contributed by atoms with Gasteiger partial charge >= 0.3 is 0 Å². The fourth-order valence-corrected chi connectivity index (χ4v) is 2.06. The second-order valence-electron chi connectivity index (χ2n) is 4.30. The van der Waals surface area contributed by atoms with Gasteiger partial charge in [-0.1, -0.05) is 12.1 Å². The summed E-state index contributed by atoms with van der Waals surface area (Å²) in [7, 11) is 3.09. The maximum absolute atomic E-state index is 11.3. The highest BCUT2D eigenvalue weighted by Gasteiger charge is 2.11. The van der Waals surface area contributed by atoms with E-state index in [0.29, 0.717) is 17.1 Å². The number of hydrogen-bond donors (Lipinski definition) is 1. The van der Waals surface area contributed by atoms with Gasteiger partial charge in [0.2, 0.25) is 0 Å². The monoisotopic (exact) mass is 282 g/mol. The van der Waals surface area contributed by atoms with Gasteiger partial charge in [0, 0.05) is 5.56 Å². The van der Waals surface area contributed by atoms with Crippen LogP contribution in [0, 0.1) is 11.3 Å². The minimum atomic E-state index is -0.778. The van der Waals surface area contributed by atoms with Gasteiger partial charge in [-0.15, -0.1) is 0 Å². The summed E-state index contributed by atoms with van der Waals surface area (Å²) in [4.78, 5) is 11.3. The second kappa shape index (κ2) is 5.97. The molecule has 106 valence electrons. The third kappa shape index (κ3) is 2.79. The molecular formula is C16H14N2O3. The lowest BCUT2D eigenvalue weighted by Crippen LogP contribution is -2.12. The molecule has 0 fully saturated rings. The van der Waals surface area contributed by atoms with Gasteiger partial charge in [-0.2, -0.15) is 5.26 Å². The molecule has 0 radical (unpaired) electrons. The molecule has 2 rings (SSSR count). The predicted octanol–water partition coefficient (Wildman–Crippen LogP) is 2.25. The number of methoxy groups -OCH3 is 2. The number of carbonyl (C=O) groups excluding carboxylic acids is 1. The third-order valence-corrected chi connectivity index (χ3v) is 3.12. The topological polar surface area (TPSA) is 85.3 Å². The SMILES string of the molecule is COc1ccc2ccc(OC)c(/C=C(\C#N)C(N)=O)c2c1. The predicted molar refractivity (Wildman–Crippen MR) is 79.8 cm³/mol. The van der Waals surface area contributed by atoms with Crippen LogP contribution in [0.25, 0.3) is 16.8 Å². The van der Waals surface area contributed by atoms with Gasteiger partial charge in [-0.25, -0.2) is 0 Å². The van der Waals surface area contributed by atoms with E-state index in [2.05, 4.69) is 0 Å². The number of fused-ring (bicyclic) bond motifs is 1. The fourth-order valence-electron chi connectivity index (χ4n) is 2.06. The molecule has 0 heterocycles. The van der Waals surface area contributed by atoms with Crippen LogP contribution in [0.4, 0.5) is 0 Å². The number of carbonyl (C=O) groups is 1. The smallest absolute Gasteiger partial charge is 0.259 e. The van der Waals surface area contributed by atoms with E-state index in [-0.39, 0.29) is 5.57 Å². The van der Waals surface area contributed by atoms with Crippen molar-refractivity contribution in [1.82, 2.24) is 0 Å². The molecule has 0 aliphatic heterocycles. The Morgan fingerprint density at radius 1 is 1.24 bits per heavy atom. The van der Waals surface area contributed by atoms with Gasteiger partial charge in [0.1, 0.15) is 23.1 Å². The van der Waals surface area contributed by atoms with Crippen molar-refractivity contribution in [2.45, 2.75) is 0 Å². The average Bonchev–Trinajstić information content (AvgIpc) is 2.51. The van der Waals surface area contributed by atoms with Crippen LogP contribution in [-0.2, 0) is 4.79 Å². The van der Waals surface area contributed by atoms with Crippen molar-refractivity contribution in [1.29, 1.82) is 5.26 Å². The number of nitrogens with zero attached hydrogens (tertiary/aromatic N) is 1. The molecular weight excluding hydrogens is 268 g/mol. The van der Waals surface area contributed by atoms with E-state index in [9.17, 15) is 4.79 Å². The van der Waals surface area contributed by atoms with Gasteiger partial charge in [0.25, 0.3) is 5.91 Å². The third-order valence-electron chi connectivity index (χ3n) is 3.12. The molecule has 2 aromatic carbocycles. The molecule has 2 N–H and O–H groups in total. The zero-order valence-electron chi connectivity index (χ0n) is 11.7. The normalized spacial score (nSPS) is 11.0. The Labute approximate surface area is 122 Å². The molecule has 0 saturated heterocycles. The van der Waals surface area contributed by atoms with Crippen LogP contribution in [0.5, 0.6) is 11.5 Å². The number of ether oxygens (including phenoxy) is 2. The van der Waals surface area contributed by atoms with E-state index < -0.39 is 5.91 Å². The Balaban J connectivity index is 2.80. The number of primary amides is 1. The second-order valence-corrected chi connectivity index (χ2v) is 4.30. The first-order valence-corrected chi connectivity index (χ1v) is 6.17. The van der Waals surface area contributed by atoms with Crippen LogP contribution in [0.3, 0.4) is 0 Å². The zero-order chi connectivity index (χ0) is 15.4. The van der Waals surface area contributed by atoms with Crippen LogP contribution in [0.2, 0.25) is 0 Å². The molecule has 0 atom stereocenters. The summed E-state index contributed by atoms with van der Waals surface area (Å²) in [5.41, 5.74) is 5.67. The van der Waals surface area contributed by atoms with Crippen LogP contribution < -0.4 is 15.2 Å². The van der Waals surface area contributed by atoms with Gasteiger partial charge in [-0.05, 0) is 35.0 Å². The number of nitriles is 1. The Kier molecular flexibility index (Phi) is 4.10. The summed E-state index contributed by atoms with van der Waals surface area (Å²) < 4.78 is 10.5. The van der Waals surface area contributed by atoms with Gasteiger partial charge < -0.3 is 15.2 Å². The molecule has 0 spiro atoms. The van der Waals surface area contributed by atoms with Gasteiger partial charge in [0.15, 0.2) is 0 Å². The molecule has 0 bridgehead atoms. The van der Waals surface area contributed by atoms with Crippen molar-refractivity contribution in [3.63, 3.8) is 0 Å². The minimum Gasteiger partial charge on any atom is -0.497 e. The van der Waals surface area contributed by atoms with Crippen molar-refractivity contribution in [3.05, 3.63) is 41.5 Å². The van der Waals surface area contributed by atoms with E-state index in [1.54, 1.807) is 19.2 Å². The molecule has 21 heavy (non-hydrogen) atoms. The first kappa shape index (κ1) is 14.4. The number of amides is 1. The Morgan fingerprint density at radius 2 is 1.95 bits per heavy atom. The van der Waals surface area contributed by atoms with Crippen LogP contribution >= 0.6 is 0 Å². The summed E-state index contributed by atoms with van der Waals surface area (Å²) in [5.74, 6) is 0.437. The van der Waals surface area contributed by atoms with E-state index in [1.807, 2.05) is 24.3 Å². The highest BCUT2D eigenvalue weighted by Crippen LogP contribution is 2.32. The molecule has 0 aliphatic rings. The van der Waals surface area contributed by atoms with E-state index in [4.69, 9.17) is 20.5 Å². The first-order valence-electron chi connectivity index (χ1n) is 6.17. The molecule has 1 amide bonds. The van der Waals surface area contributed by atoms with Crippen molar-refractivity contribution < 1.29 is 14.3 Å². The number of benzene rings is 2. The summed E-state index contributed by atoms with van der Waals surface area (Å²) >= 11 is 0. The lowest BCUT2D eigenvalue weighted by atomic mass is 10.0.